The van der Waals surface area contributed by atoms with E-state index in [2.05, 4.69) is 10.3 Å². The van der Waals surface area contributed by atoms with Crippen molar-refractivity contribution in [3.8, 4) is 11.5 Å². The molecule has 2 N–H and O–H groups in total. The summed E-state index contributed by atoms with van der Waals surface area (Å²) in [4.78, 5) is 55.4. The number of nitrogens with zero attached hydrogens (tertiary/aromatic N) is 1. The molecular weight excluding hydrogens is 484 g/mol. The summed E-state index contributed by atoms with van der Waals surface area (Å²) >= 11 is 0. The Hall–Kier alpha value is -3.37. The molecule has 0 unspecified atom stereocenters. The molecule has 1 saturated heterocycles. The predicted octanol–water partition coefficient (Wildman–Crippen LogP) is 2.54. The van der Waals surface area contributed by atoms with Gasteiger partial charge in [0, 0.05) is 12.3 Å². The zero-order valence-electron chi connectivity index (χ0n) is 21.7. The number of aromatic nitrogens is 1. The monoisotopic (exact) mass is 520 g/mol. The van der Waals surface area contributed by atoms with E-state index in [9.17, 15) is 24.3 Å². The van der Waals surface area contributed by atoms with Crippen molar-refractivity contribution in [2.24, 2.45) is 17.8 Å². The molecule has 0 aromatic carbocycles. The SMILES string of the molecule is COc1ccnc(C(=O)N[C@H]2COC(=O)[C@H](CC3CCCCC3)[C@@H](OC(=O)C(C)C)[C@H](C)OC2=O)c1O. The second-order valence-electron chi connectivity index (χ2n) is 9.91. The Labute approximate surface area is 216 Å². The molecule has 2 aliphatic rings. The number of carbonyl (C=O) groups is 4. The Balaban J connectivity index is 1.83. The van der Waals surface area contributed by atoms with Crippen molar-refractivity contribution in [3.63, 3.8) is 0 Å². The maximum Gasteiger partial charge on any atom is 0.332 e. The Kier molecular flexibility index (Phi) is 9.71. The van der Waals surface area contributed by atoms with Crippen LogP contribution in [0.2, 0.25) is 0 Å². The van der Waals surface area contributed by atoms with E-state index in [4.69, 9.17) is 18.9 Å². The van der Waals surface area contributed by atoms with E-state index >= 15 is 0 Å². The number of carbonyl (C=O) groups excluding carboxylic acids is 4. The molecule has 1 aromatic heterocycles. The summed E-state index contributed by atoms with van der Waals surface area (Å²) in [6.07, 6.45) is 4.88. The van der Waals surface area contributed by atoms with Gasteiger partial charge in [0.1, 0.15) is 12.7 Å². The van der Waals surface area contributed by atoms with Crippen molar-refractivity contribution >= 4 is 23.8 Å². The molecule has 2 heterocycles. The van der Waals surface area contributed by atoms with Crippen LogP contribution in [0, 0.1) is 17.8 Å². The highest BCUT2D eigenvalue weighted by molar-refractivity contribution is 5.98. The number of methoxy groups -OCH3 is 1. The molecule has 0 bridgehead atoms. The molecule has 4 atom stereocenters. The van der Waals surface area contributed by atoms with Crippen LogP contribution in [0.4, 0.5) is 0 Å². The Morgan fingerprint density at radius 1 is 1.19 bits per heavy atom. The molecule has 1 aliphatic heterocycles. The van der Waals surface area contributed by atoms with Gasteiger partial charge in [-0.1, -0.05) is 46.0 Å². The first-order valence-corrected chi connectivity index (χ1v) is 12.7. The predicted molar refractivity (Wildman–Crippen MR) is 130 cm³/mol. The van der Waals surface area contributed by atoms with E-state index in [0.717, 1.165) is 32.1 Å². The molecule has 11 heteroatoms. The Bertz CT molecular complexity index is 990. The van der Waals surface area contributed by atoms with E-state index < -0.39 is 66.3 Å². The average molecular weight is 521 g/mol. The molecule has 0 radical (unpaired) electrons. The van der Waals surface area contributed by atoms with Gasteiger partial charge in [-0.05, 0) is 19.3 Å². The minimum absolute atomic E-state index is 0.0256. The summed E-state index contributed by atoms with van der Waals surface area (Å²) < 4.78 is 21.7. The number of pyridine rings is 1. The number of aromatic hydroxyl groups is 1. The van der Waals surface area contributed by atoms with Gasteiger partial charge in [-0.15, -0.1) is 0 Å². The maximum absolute atomic E-state index is 13.3. The quantitative estimate of drug-likeness (QED) is 0.405. The van der Waals surface area contributed by atoms with E-state index in [1.54, 1.807) is 20.8 Å². The number of cyclic esters (lactones) is 2. The zero-order valence-corrected chi connectivity index (χ0v) is 21.7. The van der Waals surface area contributed by atoms with Crippen molar-refractivity contribution in [2.75, 3.05) is 13.7 Å². The van der Waals surface area contributed by atoms with Gasteiger partial charge < -0.3 is 29.4 Å². The van der Waals surface area contributed by atoms with Gasteiger partial charge in [-0.25, -0.2) is 9.78 Å². The fraction of sp³-hybridized carbons (Fsp3) is 0.654. The first-order chi connectivity index (χ1) is 17.6. The number of hydrogen-bond acceptors (Lipinski definition) is 10. The first kappa shape index (κ1) is 28.2. The first-order valence-electron chi connectivity index (χ1n) is 12.7. The molecule has 11 nitrogen and oxygen atoms in total. The number of esters is 3. The van der Waals surface area contributed by atoms with Gasteiger partial charge in [-0.2, -0.15) is 0 Å². The fourth-order valence-electron chi connectivity index (χ4n) is 4.69. The minimum atomic E-state index is -1.37. The Morgan fingerprint density at radius 2 is 1.89 bits per heavy atom. The largest absolute Gasteiger partial charge is 0.503 e. The van der Waals surface area contributed by atoms with Crippen molar-refractivity contribution in [1.29, 1.82) is 0 Å². The molecule has 204 valence electrons. The molecule has 2 fully saturated rings. The highest BCUT2D eigenvalue weighted by atomic mass is 16.6. The van der Waals surface area contributed by atoms with Gasteiger partial charge in [0.15, 0.2) is 29.3 Å². The molecule has 1 saturated carbocycles. The van der Waals surface area contributed by atoms with Crippen LogP contribution in [0.25, 0.3) is 0 Å². The van der Waals surface area contributed by atoms with Crippen LogP contribution in [0.5, 0.6) is 11.5 Å². The molecule has 1 aromatic rings. The van der Waals surface area contributed by atoms with Crippen LogP contribution in [0.1, 0.15) is 69.8 Å². The topological polar surface area (TPSA) is 150 Å². The zero-order chi connectivity index (χ0) is 27.1. The second kappa shape index (κ2) is 12.7. The summed E-state index contributed by atoms with van der Waals surface area (Å²) in [6.45, 7) is 4.41. The van der Waals surface area contributed by atoms with Gasteiger partial charge in [0.2, 0.25) is 0 Å². The maximum atomic E-state index is 13.3. The highest BCUT2D eigenvalue weighted by Crippen LogP contribution is 2.33. The number of rotatable bonds is 7. The summed E-state index contributed by atoms with van der Waals surface area (Å²) in [7, 11) is 1.32. The summed E-state index contributed by atoms with van der Waals surface area (Å²) in [5, 5.41) is 12.6. The van der Waals surface area contributed by atoms with Crippen LogP contribution in [-0.2, 0) is 28.6 Å². The minimum Gasteiger partial charge on any atom is -0.503 e. The smallest absolute Gasteiger partial charge is 0.332 e. The lowest BCUT2D eigenvalue weighted by atomic mass is 9.80. The highest BCUT2D eigenvalue weighted by Gasteiger charge is 2.43. The van der Waals surface area contributed by atoms with Gasteiger partial charge in [0.25, 0.3) is 5.91 Å². The third-order valence-corrected chi connectivity index (χ3v) is 6.80. The average Bonchev–Trinajstić information content (AvgIpc) is 2.91. The lowest BCUT2D eigenvalue weighted by Crippen LogP contribution is -2.47. The summed E-state index contributed by atoms with van der Waals surface area (Å²) in [5.41, 5.74) is -0.370. The van der Waals surface area contributed by atoms with E-state index in [-0.39, 0.29) is 17.4 Å². The van der Waals surface area contributed by atoms with Crippen LogP contribution >= 0.6 is 0 Å². The molecule has 3 rings (SSSR count). The number of ether oxygens (including phenoxy) is 4. The standard InChI is InChI=1S/C26H36N2O9/c1-14(2)24(31)37-22-15(3)36-26(33)18(28-23(30)20-21(29)19(34-4)10-11-27-20)13-35-25(32)17(22)12-16-8-6-5-7-9-16/h10-11,14-18,22,29H,5-9,12-13H2,1-4H3,(H,28,30)/t15-,17+,18-,22-/m0/s1. The van der Waals surface area contributed by atoms with E-state index in [1.165, 1.54) is 19.4 Å². The summed E-state index contributed by atoms with van der Waals surface area (Å²) in [5.74, 6) is -4.40. The lowest BCUT2D eigenvalue weighted by Gasteiger charge is -2.32. The molecule has 1 amide bonds. The molecule has 37 heavy (non-hydrogen) atoms. The summed E-state index contributed by atoms with van der Waals surface area (Å²) in [6, 6.07) is -0.00400. The normalized spacial score (nSPS) is 25.2. The van der Waals surface area contributed by atoms with Gasteiger partial charge in [-0.3, -0.25) is 14.4 Å². The number of hydrogen-bond donors (Lipinski definition) is 2. The third-order valence-electron chi connectivity index (χ3n) is 6.80. The van der Waals surface area contributed by atoms with E-state index in [0.29, 0.717) is 6.42 Å². The second-order valence-corrected chi connectivity index (χ2v) is 9.91. The van der Waals surface area contributed by atoms with Gasteiger partial charge in [0.05, 0.1) is 18.9 Å². The molecular formula is C26H36N2O9. The lowest BCUT2D eigenvalue weighted by molar-refractivity contribution is -0.177. The molecule has 0 spiro atoms. The number of amides is 1. The van der Waals surface area contributed by atoms with Crippen LogP contribution in [0.3, 0.4) is 0 Å². The van der Waals surface area contributed by atoms with Crippen molar-refractivity contribution < 1.29 is 43.2 Å². The van der Waals surface area contributed by atoms with Crippen molar-refractivity contribution in [3.05, 3.63) is 18.0 Å². The number of nitrogens with one attached hydrogen (secondary N) is 1. The molecule has 1 aliphatic carbocycles. The van der Waals surface area contributed by atoms with Crippen LogP contribution in [-0.4, -0.2) is 65.9 Å². The fourth-order valence-corrected chi connectivity index (χ4v) is 4.69. The van der Waals surface area contributed by atoms with Crippen LogP contribution < -0.4 is 10.1 Å². The van der Waals surface area contributed by atoms with E-state index in [1.807, 2.05) is 0 Å². The Morgan fingerprint density at radius 3 is 2.54 bits per heavy atom. The van der Waals surface area contributed by atoms with Crippen molar-refractivity contribution in [2.45, 2.75) is 77.5 Å². The van der Waals surface area contributed by atoms with Crippen LogP contribution in [0.15, 0.2) is 12.3 Å². The van der Waals surface area contributed by atoms with Gasteiger partial charge >= 0.3 is 17.9 Å². The van der Waals surface area contributed by atoms with Crippen molar-refractivity contribution in [1.82, 2.24) is 10.3 Å². The third kappa shape index (κ3) is 7.11.